The summed E-state index contributed by atoms with van der Waals surface area (Å²) in [7, 11) is 0. The van der Waals surface area contributed by atoms with Gasteiger partial charge in [-0.15, -0.1) is 0 Å². The van der Waals surface area contributed by atoms with E-state index in [1.807, 2.05) is 6.92 Å². The van der Waals surface area contributed by atoms with Crippen LogP contribution in [0.4, 0.5) is 11.5 Å². The fraction of sp³-hybridized carbons (Fsp3) is 0.786. The fourth-order valence-corrected chi connectivity index (χ4v) is 2.19. The van der Waals surface area contributed by atoms with E-state index in [9.17, 15) is 0 Å². The first-order valence-corrected chi connectivity index (χ1v) is 6.97. The Morgan fingerprint density at radius 3 is 2.33 bits per heavy atom. The van der Waals surface area contributed by atoms with Crippen molar-refractivity contribution in [2.75, 3.05) is 17.2 Å². The van der Waals surface area contributed by atoms with Crippen LogP contribution < -0.4 is 10.6 Å². The van der Waals surface area contributed by atoms with Gasteiger partial charge in [0.15, 0.2) is 5.82 Å². The molecule has 1 aromatic rings. The zero-order valence-electron chi connectivity index (χ0n) is 12.7. The van der Waals surface area contributed by atoms with Crippen molar-refractivity contribution < 1.29 is 0 Å². The SMILES string of the molecule is CCCn1nc(C)c(N)c1N(CC(C)C)C(C)C. The Kier molecular flexibility index (Phi) is 5.05. The second kappa shape index (κ2) is 6.12. The Balaban J connectivity index is 3.16. The predicted molar refractivity (Wildman–Crippen MR) is 79.0 cm³/mol. The quantitative estimate of drug-likeness (QED) is 0.846. The molecule has 4 heteroatoms. The van der Waals surface area contributed by atoms with E-state index < -0.39 is 0 Å². The number of anilines is 2. The molecule has 104 valence electrons. The number of nitrogens with zero attached hydrogens (tertiary/aromatic N) is 3. The Bertz CT molecular complexity index is 379. The van der Waals surface area contributed by atoms with Crippen molar-refractivity contribution in [3.8, 4) is 0 Å². The van der Waals surface area contributed by atoms with Gasteiger partial charge in [-0.2, -0.15) is 5.10 Å². The molecule has 1 aromatic heterocycles. The molecule has 0 radical (unpaired) electrons. The van der Waals surface area contributed by atoms with Crippen molar-refractivity contribution in [2.45, 2.75) is 60.5 Å². The van der Waals surface area contributed by atoms with Crippen LogP contribution in [0.25, 0.3) is 0 Å². The van der Waals surface area contributed by atoms with E-state index in [-0.39, 0.29) is 0 Å². The molecule has 0 saturated carbocycles. The molecule has 0 saturated heterocycles. The van der Waals surface area contributed by atoms with Crippen molar-refractivity contribution in [1.82, 2.24) is 9.78 Å². The minimum Gasteiger partial charge on any atom is -0.394 e. The molecular weight excluding hydrogens is 224 g/mol. The average Bonchev–Trinajstić information content (AvgIpc) is 2.52. The topological polar surface area (TPSA) is 47.1 Å². The van der Waals surface area contributed by atoms with Crippen LogP contribution in [0.15, 0.2) is 0 Å². The largest absolute Gasteiger partial charge is 0.394 e. The maximum Gasteiger partial charge on any atom is 0.150 e. The number of aromatic nitrogens is 2. The number of nitrogens with two attached hydrogens (primary N) is 1. The predicted octanol–water partition coefficient (Wildman–Crippen LogP) is 3.05. The second-order valence-electron chi connectivity index (χ2n) is 5.69. The number of aryl methyl sites for hydroxylation is 2. The number of rotatable bonds is 6. The maximum absolute atomic E-state index is 6.22. The van der Waals surface area contributed by atoms with Crippen LogP contribution in [0.5, 0.6) is 0 Å². The first-order valence-electron chi connectivity index (χ1n) is 6.97. The zero-order chi connectivity index (χ0) is 13.9. The molecule has 4 nitrogen and oxygen atoms in total. The van der Waals surface area contributed by atoms with Crippen molar-refractivity contribution in [3.05, 3.63) is 5.69 Å². The highest BCUT2D eigenvalue weighted by Gasteiger charge is 2.21. The van der Waals surface area contributed by atoms with E-state index >= 15 is 0 Å². The number of hydrogen-bond donors (Lipinski definition) is 1. The third-order valence-electron chi connectivity index (χ3n) is 3.04. The third-order valence-corrected chi connectivity index (χ3v) is 3.04. The van der Waals surface area contributed by atoms with Crippen LogP contribution in [-0.4, -0.2) is 22.4 Å². The van der Waals surface area contributed by atoms with Gasteiger partial charge in [0.2, 0.25) is 0 Å². The molecule has 0 unspecified atom stereocenters. The summed E-state index contributed by atoms with van der Waals surface area (Å²) < 4.78 is 2.06. The van der Waals surface area contributed by atoms with E-state index in [1.54, 1.807) is 0 Å². The van der Waals surface area contributed by atoms with Crippen LogP contribution in [0, 0.1) is 12.8 Å². The van der Waals surface area contributed by atoms with Crippen molar-refractivity contribution in [2.24, 2.45) is 5.92 Å². The van der Waals surface area contributed by atoms with E-state index in [0.29, 0.717) is 12.0 Å². The molecule has 18 heavy (non-hydrogen) atoms. The van der Waals surface area contributed by atoms with Gasteiger partial charge in [-0.25, -0.2) is 4.68 Å². The zero-order valence-corrected chi connectivity index (χ0v) is 12.7. The summed E-state index contributed by atoms with van der Waals surface area (Å²) in [5.41, 5.74) is 7.99. The maximum atomic E-state index is 6.22. The highest BCUT2D eigenvalue weighted by Crippen LogP contribution is 2.29. The highest BCUT2D eigenvalue weighted by atomic mass is 15.4. The van der Waals surface area contributed by atoms with Gasteiger partial charge in [-0.1, -0.05) is 20.8 Å². The van der Waals surface area contributed by atoms with Crippen LogP contribution >= 0.6 is 0 Å². The second-order valence-corrected chi connectivity index (χ2v) is 5.69. The Hall–Kier alpha value is -1.19. The molecule has 0 aromatic carbocycles. The molecular formula is C14H28N4. The summed E-state index contributed by atoms with van der Waals surface area (Å²) in [6, 6.07) is 0.432. The number of nitrogen functional groups attached to an aromatic ring is 1. The first kappa shape index (κ1) is 14.9. The van der Waals surface area contributed by atoms with Crippen LogP contribution in [0.3, 0.4) is 0 Å². The first-order chi connectivity index (χ1) is 8.38. The van der Waals surface area contributed by atoms with E-state index in [1.165, 1.54) is 0 Å². The van der Waals surface area contributed by atoms with Gasteiger partial charge in [0, 0.05) is 19.1 Å². The van der Waals surface area contributed by atoms with Crippen molar-refractivity contribution in [3.63, 3.8) is 0 Å². The minimum atomic E-state index is 0.432. The van der Waals surface area contributed by atoms with Gasteiger partial charge in [0.1, 0.15) is 0 Å². The minimum absolute atomic E-state index is 0.432. The molecule has 0 amide bonds. The van der Waals surface area contributed by atoms with E-state index in [0.717, 1.165) is 36.7 Å². The summed E-state index contributed by atoms with van der Waals surface area (Å²) >= 11 is 0. The smallest absolute Gasteiger partial charge is 0.150 e. The van der Waals surface area contributed by atoms with Gasteiger partial charge in [-0.3, -0.25) is 0 Å². The molecule has 0 fully saturated rings. The lowest BCUT2D eigenvalue weighted by molar-refractivity contribution is 0.530. The summed E-state index contributed by atoms with van der Waals surface area (Å²) in [5.74, 6) is 1.70. The Morgan fingerprint density at radius 2 is 1.89 bits per heavy atom. The lowest BCUT2D eigenvalue weighted by Crippen LogP contribution is -2.36. The molecule has 1 heterocycles. The third kappa shape index (κ3) is 3.18. The summed E-state index contributed by atoms with van der Waals surface area (Å²) in [6.07, 6.45) is 1.07. The molecule has 0 spiro atoms. The van der Waals surface area contributed by atoms with Crippen molar-refractivity contribution >= 4 is 11.5 Å². The standard InChI is InChI=1S/C14H28N4/c1-7-8-18-14(13(15)12(6)16-18)17(11(4)5)9-10(2)3/h10-11H,7-9,15H2,1-6H3. The van der Waals surface area contributed by atoms with E-state index in [2.05, 4.69) is 49.3 Å². The molecule has 0 bridgehead atoms. The normalized spacial score (nSPS) is 11.6. The van der Waals surface area contributed by atoms with Gasteiger partial charge < -0.3 is 10.6 Å². The lowest BCUT2D eigenvalue weighted by Gasteiger charge is -2.31. The molecule has 0 atom stereocenters. The monoisotopic (exact) mass is 252 g/mol. The Labute approximate surface area is 111 Å². The van der Waals surface area contributed by atoms with Crippen molar-refractivity contribution in [1.29, 1.82) is 0 Å². The van der Waals surface area contributed by atoms with Crippen LogP contribution in [0.1, 0.15) is 46.7 Å². The van der Waals surface area contributed by atoms with Gasteiger partial charge in [0.05, 0.1) is 11.4 Å². The lowest BCUT2D eigenvalue weighted by atomic mass is 10.1. The number of hydrogen-bond acceptors (Lipinski definition) is 3. The summed E-state index contributed by atoms with van der Waals surface area (Å²) in [5, 5.41) is 4.56. The molecule has 0 aliphatic rings. The fourth-order valence-electron chi connectivity index (χ4n) is 2.19. The van der Waals surface area contributed by atoms with Gasteiger partial charge >= 0.3 is 0 Å². The van der Waals surface area contributed by atoms with E-state index in [4.69, 9.17) is 5.73 Å². The van der Waals surface area contributed by atoms with Crippen LogP contribution in [0.2, 0.25) is 0 Å². The summed E-state index contributed by atoms with van der Waals surface area (Å²) in [6.45, 7) is 15.0. The molecule has 0 aliphatic carbocycles. The Morgan fingerprint density at radius 1 is 1.28 bits per heavy atom. The summed E-state index contributed by atoms with van der Waals surface area (Å²) in [4.78, 5) is 2.37. The average molecular weight is 252 g/mol. The highest BCUT2D eigenvalue weighted by molar-refractivity contribution is 5.66. The molecule has 2 N–H and O–H groups in total. The molecule has 0 aliphatic heterocycles. The van der Waals surface area contributed by atoms with Crippen LogP contribution in [-0.2, 0) is 6.54 Å². The van der Waals surface area contributed by atoms with Gasteiger partial charge in [-0.05, 0) is 33.1 Å². The molecule has 1 rings (SSSR count). The van der Waals surface area contributed by atoms with Gasteiger partial charge in [0.25, 0.3) is 0 Å².